The lowest BCUT2D eigenvalue weighted by Gasteiger charge is -2.37. The van der Waals surface area contributed by atoms with Crippen LogP contribution in [0, 0.1) is 25.7 Å². The van der Waals surface area contributed by atoms with Gasteiger partial charge in [-0.1, -0.05) is 55.5 Å². The van der Waals surface area contributed by atoms with E-state index in [9.17, 15) is 0 Å². The smallest absolute Gasteiger partial charge is 0.00177 e. The van der Waals surface area contributed by atoms with E-state index in [1.54, 1.807) is 5.56 Å². The molecule has 1 heteroatoms. The van der Waals surface area contributed by atoms with E-state index in [4.69, 9.17) is 0 Å². The van der Waals surface area contributed by atoms with Crippen LogP contribution in [0.25, 0.3) is 0 Å². The van der Waals surface area contributed by atoms with Crippen molar-refractivity contribution in [3.8, 4) is 0 Å². The molecule has 20 heavy (non-hydrogen) atoms. The first kappa shape index (κ1) is 15.6. The van der Waals surface area contributed by atoms with E-state index in [0.717, 1.165) is 24.3 Å². The molecule has 0 aromatic heterocycles. The molecular formula is C19H31N. The van der Waals surface area contributed by atoms with Crippen LogP contribution < -0.4 is 5.32 Å². The van der Waals surface area contributed by atoms with Gasteiger partial charge < -0.3 is 5.32 Å². The molecule has 112 valence electrons. The standard InChI is InChI=1S/C19H31N/c1-5-6-16-7-8-17(13-20-4)19(12-16)18-10-14(2)9-15(3)11-18/h9-11,16-17,19-20H,5-8,12-13H2,1-4H3. The quantitative estimate of drug-likeness (QED) is 0.811. The summed E-state index contributed by atoms with van der Waals surface area (Å²) in [4.78, 5) is 0. The van der Waals surface area contributed by atoms with Crippen LogP contribution in [-0.2, 0) is 0 Å². The maximum absolute atomic E-state index is 3.41. The number of hydrogen-bond acceptors (Lipinski definition) is 1. The van der Waals surface area contributed by atoms with E-state index >= 15 is 0 Å². The number of nitrogens with one attached hydrogen (secondary N) is 1. The van der Waals surface area contributed by atoms with Gasteiger partial charge >= 0.3 is 0 Å². The Morgan fingerprint density at radius 3 is 2.40 bits per heavy atom. The summed E-state index contributed by atoms with van der Waals surface area (Å²) in [5, 5.41) is 3.41. The van der Waals surface area contributed by atoms with Crippen molar-refractivity contribution in [2.45, 2.75) is 58.8 Å². The molecule has 1 aliphatic carbocycles. The molecule has 0 heterocycles. The average molecular weight is 273 g/mol. The summed E-state index contributed by atoms with van der Waals surface area (Å²) in [7, 11) is 2.09. The maximum Gasteiger partial charge on any atom is -0.00177 e. The Balaban J connectivity index is 2.21. The van der Waals surface area contributed by atoms with Gasteiger partial charge in [-0.3, -0.25) is 0 Å². The van der Waals surface area contributed by atoms with Crippen molar-refractivity contribution in [3.05, 3.63) is 34.9 Å². The minimum Gasteiger partial charge on any atom is -0.319 e. The molecule has 0 saturated heterocycles. The van der Waals surface area contributed by atoms with Crippen LogP contribution in [0.3, 0.4) is 0 Å². The fraction of sp³-hybridized carbons (Fsp3) is 0.684. The van der Waals surface area contributed by atoms with Gasteiger partial charge in [0, 0.05) is 0 Å². The van der Waals surface area contributed by atoms with Crippen LogP contribution in [-0.4, -0.2) is 13.6 Å². The average Bonchev–Trinajstić information content (AvgIpc) is 2.40. The Morgan fingerprint density at radius 2 is 1.80 bits per heavy atom. The molecule has 0 spiro atoms. The summed E-state index contributed by atoms with van der Waals surface area (Å²) in [5.74, 6) is 2.51. The van der Waals surface area contributed by atoms with E-state index in [1.165, 1.54) is 43.2 Å². The third-order valence-electron chi connectivity index (χ3n) is 4.94. The van der Waals surface area contributed by atoms with Gasteiger partial charge in [0.15, 0.2) is 0 Å². The largest absolute Gasteiger partial charge is 0.319 e. The Morgan fingerprint density at radius 1 is 1.10 bits per heavy atom. The molecule has 0 radical (unpaired) electrons. The summed E-state index contributed by atoms with van der Waals surface area (Å²) >= 11 is 0. The molecular weight excluding hydrogens is 242 g/mol. The molecule has 0 amide bonds. The summed E-state index contributed by atoms with van der Waals surface area (Å²) in [6.45, 7) is 7.95. The highest BCUT2D eigenvalue weighted by molar-refractivity contribution is 5.31. The van der Waals surface area contributed by atoms with Crippen molar-refractivity contribution in [1.29, 1.82) is 0 Å². The lowest BCUT2D eigenvalue weighted by Crippen LogP contribution is -2.30. The van der Waals surface area contributed by atoms with Crippen molar-refractivity contribution in [3.63, 3.8) is 0 Å². The van der Waals surface area contributed by atoms with Crippen molar-refractivity contribution in [1.82, 2.24) is 5.32 Å². The molecule has 3 unspecified atom stereocenters. The molecule has 1 saturated carbocycles. The van der Waals surface area contributed by atoms with Gasteiger partial charge in [-0.15, -0.1) is 0 Å². The molecule has 1 nitrogen and oxygen atoms in total. The second-order valence-corrected chi connectivity index (χ2v) is 6.81. The van der Waals surface area contributed by atoms with E-state index in [-0.39, 0.29) is 0 Å². The summed E-state index contributed by atoms with van der Waals surface area (Å²) in [6, 6.07) is 7.15. The first-order chi connectivity index (χ1) is 9.63. The zero-order valence-corrected chi connectivity index (χ0v) is 13.7. The van der Waals surface area contributed by atoms with Crippen LogP contribution in [0.15, 0.2) is 18.2 Å². The minimum atomic E-state index is 0.756. The molecule has 1 aliphatic rings. The van der Waals surface area contributed by atoms with Crippen LogP contribution in [0.2, 0.25) is 0 Å². The zero-order valence-electron chi connectivity index (χ0n) is 13.7. The van der Waals surface area contributed by atoms with Gasteiger partial charge in [-0.05, 0) is 63.6 Å². The molecule has 1 aromatic carbocycles. The topological polar surface area (TPSA) is 12.0 Å². The van der Waals surface area contributed by atoms with Crippen LogP contribution in [0.5, 0.6) is 0 Å². The second kappa shape index (κ2) is 7.26. The van der Waals surface area contributed by atoms with Crippen LogP contribution >= 0.6 is 0 Å². The fourth-order valence-electron chi connectivity index (χ4n) is 4.13. The zero-order chi connectivity index (χ0) is 14.5. The van der Waals surface area contributed by atoms with Crippen molar-refractivity contribution in [2.24, 2.45) is 11.8 Å². The SMILES string of the molecule is CCCC1CCC(CNC)C(c2cc(C)cc(C)c2)C1. The highest BCUT2D eigenvalue weighted by Gasteiger charge is 2.30. The molecule has 2 rings (SSSR count). The monoisotopic (exact) mass is 273 g/mol. The Labute approximate surface area is 125 Å². The van der Waals surface area contributed by atoms with Gasteiger partial charge in [0.25, 0.3) is 0 Å². The van der Waals surface area contributed by atoms with E-state index < -0.39 is 0 Å². The van der Waals surface area contributed by atoms with Crippen LogP contribution in [0.4, 0.5) is 0 Å². The van der Waals surface area contributed by atoms with Crippen molar-refractivity contribution in [2.75, 3.05) is 13.6 Å². The number of rotatable bonds is 5. The number of aryl methyl sites for hydroxylation is 2. The minimum absolute atomic E-state index is 0.756. The van der Waals surface area contributed by atoms with Gasteiger partial charge in [-0.25, -0.2) is 0 Å². The molecule has 1 N–H and O–H groups in total. The van der Waals surface area contributed by atoms with E-state index in [1.807, 2.05) is 0 Å². The van der Waals surface area contributed by atoms with Crippen molar-refractivity contribution < 1.29 is 0 Å². The second-order valence-electron chi connectivity index (χ2n) is 6.81. The summed E-state index contributed by atoms with van der Waals surface area (Å²) in [5.41, 5.74) is 4.42. The van der Waals surface area contributed by atoms with E-state index in [2.05, 4.69) is 51.3 Å². The fourth-order valence-corrected chi connectivity index (χ4v) is 4.13. The van der Waals surface area contributed by atoms with Gasteiger partial charge in [0.2, 0.25) is 0 Å². The predicted molar refractivity (Wildman–Crippen MR) is 88.3 cm³/mol. The molecule has 1 fully saturated rings. The highest BCUT2D eigenvalue weighted by atomic mass is 14.8. The number of benzene rings is 1. The maximum atomic E-state index is 3.41. The number of hydrogen-bond donors (Lipinski definition) is 1. The lowest BCUT2D eigenvalue weighted by atomic mass is 9.69. The Bertz CT molecular complexity index is 404. The lowest BCUT2D eigenvalue weighted by molar-refractivity contribution is 0.223. The first-order valence-electron chi connectivity index (χ1n) is 8.36. The highest BCUT2D eigenvalue weighted by Crippen LogP contribution is 2.42. The first-order valence-corrected chi connectivity index (χ1v) is 8.36. The van der Waals surface area contributed by atoms with Crippen LogP contribution in [0.1, 0.15) is 61.6 Å². The molecule has 0 aliphatic heterocycles. The molecule has 1 aromatic rings. The normalized spacial score (nSPS) is 26.7. The summed E-state index contributed by atoms with van der Waals surface area (Å²) in [6.07, 6.45) is 6.96. The third-order valence-corrected chi connectivity index (χ3v) is 4.94. The van der Waals surface area contributed by atoms with E-state index in [0.29, 0.717) is 0 Å². The Hall–Kier alpha value is -0.820. The Kier molecular flexibility index (Phi) is 5.65. The van der Waals surface area contributed by atoms with Gasteiger partial charge in [-0.2, -0.15) is 0 Å². The van der Waals surface area contributed by atoms with Crippen molar-refractivity contribution >= 4 is 0 Å². The predicted octanol–water partition coefficient (Wildman–Crippen LogP) is 4.82. The van der Waals surface area contributed by atoms with Gasteiger partial charge in [0.05, 0.1) is 0 Å². The molecule has 3 atom stereocenters. The summed E-state index contributed by atoms with van der Waals surface area (Å²) < 4.78 is 0. The van der Waals surface area contributed by atoms with Gasteiger partial charge in [0.1, 0.15) is 0 Å². The molecule has 0 bridgehead atoms. The third kappa shape index (κ3) is 3.85.